The molecule has 1 unspecified atom stereocenters. The van der Waals surface area contributed by atoms with Crippen LogP contribution in [0.4, 0.5) is 4.39 Å². The normalized spacial score (nSPS) is 13.6. The molecule has 1 atom stereocenters. The summed E-state index contributed by atoms with van der Waals surface area (Å²) in [7, 11) is 0. The van der Waals surface area contributed by atoms with Gasteiger partial charge in [-0.3, -0.25) is 0 Å². The first-order valence-electron chi connectivity index (χ1n) is 7.02. The van der Waals surface area contributed by atoms with Crippen molar-refractivity contribution >= 4 is 15.9 Å². The highest BCUT2D eigenvalue weighted by Gasteiger charge is 2.23. The van der Waals surface area contributed by atoms with Crippen LogP contribution in [0.3, 0.4) is 0 Å². The molecule has 0 saturated carbocycles. The smallest absolute Gasteiger partial charge is 0.137 e. The average Bonchev–Trinajstić information content (AvgIpc) is 2.32. The molecular weight excluding hydrogens is 305 g/mol. The van der Waals surface area contributed by atoms with Gasteiger partial charge in [0.15, 0.2) is 0 Å². The number of hydrogen-bond acceptors (Lipinski definition) is 1. The molecule has 1 rings (SSSR count). The van der Waals surface area contributed by atoms with E-state index >= 15 is 0 Å². The molecule has 1 nitrogen and oxygen atoms in total. The number of rotatable bonds is 6. The third-order valence-electron chi connectivity index (χ3n) is 3.47. The maximum atomic E-state index is 13.4. The molecule has 108 valence electrons. The van der Waals surface area contributed by atoms with E-state index in [1.807, 2.05) is 6.07 Å². The largest absolute Gasteiger partial charge is 0.314 e. The van der Waals surface area contributed by atoms with Crippen molar-refractivity contribution in [3.05, 3.63) is 34.1 Å². The molecule has 3 heteroatoms. The minimum Gasteiger partial charge on any atom is -0.314 e. The average molecular weight is 330 g/mol. The molecular formula is C16H25BrFN. The third kappa shape index (κ3) is 5.23. The molecule has 0 radical (unpaired) electrons. The van der Waals surface area contributed by atoms with Gasteiger partial charge in [0.05, 0.1) is 4.47 Å². The maximum Gasteiger partial charge on any atom is 0.137 e. The quantitative estimate of drug-likeness (QED) is 0.779. The number of aryl methyl sites for hydroxylation is 1. The summed E-state index contributed by atoms with van der Waals surface area (Å²) in [6.07, 6.45) is 3.09. The van der Waals surface area contributed by atoms with E-state index in [0.717, 1.165) is 31.4 Å². The Morgan fingerprint density at radius 2 is 2.00 bits per heavy atom. The van der Waals surface area contributed by atoms with Gasteiger partial charge in [-0.15, -0.1) is 0 Å². The second-order valence-electron chi connectivity index (χ2n) is 6.08. The first-order valence-corrected chi connectivity index (χ1v) is 7.81. The topological polar surface area (TPSA) is 12.0 Å². The molecule has 1 N–H and O–H groups in total. The monoisotopic (exact) mass is 329 g/mol. The Morgan fingerprint density at radius 3 is 2.58 bits per heavy atom. The molecule has 0 bridgehead atoms. The Balaban J connectivity index is 2.55. The highest BCUT2D eigenvalue weighted by Crippen LogP contribution is 2.26. The van der Waals surface area contributed by atoms with E-state index in [4.69, 9.17) is 0 Å². The van der Waals surface area contributed by atoms with Crippen LogP contribution in [0.25, 0.3) is 0 Å². The van der Waals surface area contributed by atoms with Crippen molar-refractivity contribution < 1.29 is 4.39 Å². The summed E-state index contributed by atoms with van der Waals surface area (Å²) in [6.45, 7) is 9.92. The molecule has 0 aliphatic rings. The number of halogens is 2. The van der Waals surface area contributed by atoms with Crippen molar-refractivity contribution in [3.8, 4) is 0 Å². The summed E-state index contributed by atoms with van der Waals surface area (Å²) < 4.78 is 14.0. The summed E-state index contributed by atoms with van der Waals surface area (Å²) in [5, 5.41) is 3.55. The SMILES string of the molecule is CCNC(CCCc1cccc(F)c1Br)C(C)(C)C. The molecule has 0 amide bonds. The highest BCUT2D eigenvalue weighted by atomic mass is 79.9. The van der Waals surface area contributed by atoms with Gasteiger partial charge in [-0.2, -0.15) is 0 Å². The van der Waals surface area contributed by atoms with Crippen molar-refractivity contribution in [2.75, 3.05) is 6.54 Å². The van der Waals surface area contributed by atoms with Crippen molar-refractivity contribution in [3.63, 3.8) is 0 Å². The Hall–Kier alpha value is -0.410. The van der Waals surface area contributed by atoms with Crippen LogP contribution in [-0.4, -0.2) is 12.6 Å². The molecule has 0 fully saturated rings. The molecule has 0 aliphatic carbocycles. The molecule has 0 heterocycles. The zero-order chi connectivity index (χ0) is 14.5. The van der Waals surface area contributed by atoms with Gasteiger partial charge in [-0.25, -0.2) is 4.39 Å². The van der Waals surface area contributed by atoms with Crippen molar-refractivity contribution in [1.82, 2.24) is 5.32 Å². The second kappa shape index (κ2) is 7.39. The zero-order valence-corrected chi connectivity index (χ0v) is 14.0. The van der Waals surface area contributed by atoms with Crippen LogP contribution in [0, 0.1) is 11.2 Å². The van der Waals surface area contributed by atoms with Gasteiger partial charge in [-0.05, 0) is 58.8 Å². The van der Waals surface area contributed by atoms with E-state index in [2.05, 4.69) is 48.9 Å². The third-order valence-corrected chi connectivity index (χ3v) is 4.35. The molecule has 0 saturated heterocycles. The minimum absolute atomic E-state index is 0.170. The van der Waals surface area contributed by atoms with E-state index in [-0.39, 0.29) is 11.2 Å². The first kappa shape index (κ1) is 16.6. The van der Waals surface area contributed by atoms with Crippen LogP contribution in [0.15, 0.2) is 22.7 Å². The standard InChI is InChI=1S/C16H25BrFN/c1-5-19-14(16(2,3)4)11-7-9-12-8-6-10-13(18)15(12)17/h6,8,10,14,19H,5,7,9,11H2,1-4H3. The highest BCUT2D eigenvalue weighted by molar-refractivity contribution is 9.10. The van der Waals surface area contributed by atoms with Gasteiger partial charge in [0.1, 0.15) is 5.82 Å². The Bertz CT molecular complexity index is 398. The van der Waals surface area contributed by atoms with E-state index in [1.54, 1.807) is 6.07 Å². The van der Waals surface area contributed by atoms with Gasteiger partial charge < -0.3 is 5.32 Å². The number of nitrogens with one attached hydrogen (secondary N) is 1. The Labute approximate surface area is 125 Å². The molecule has 1 aromatic rings. The summed E-state index contributed by atoms with van der Waals surface area (Å²) in [5.41, 5.74) is 1.32. The Kier molecular flexibility index (Phi) is 6.48. The first-order chi connectivity index (χ1) is 8.86. The lowest BCUT2D eigenvalue weighted by Crippen LogP contribution is -2.40. The number of benzene rings is 1. The lowest BCUT2D eigenvalue weighted by Gasteiger charge is -2.31. The number of hydrogen-bond donors (Lipinski definition) is 1. The van der Waals surface area contributed by atoms with Gasteiger partial charge in [-0.1, -0.05) is 39.8 Å². The Morgan fingerprint density at radius 1 is 1.32 bits per heavy atom. The van der Waals surface area contributed by atoms with Gasteiger partial charge in [0.25, 0.3) is 0 Å². The van der Waals surface area contributed by atoms with Crippen molar-refractivity contribution in [1.29, 1.82) is 0 Å². The lowest BCUT2D eigenvalue weighted by molar-refractivity contribution is 0.254. The van der Waals surface area contributed by atoms with Crippen LogP contribution in [0.2, 0.25) is 0 Å². The lowest BCUT2D eigenvalue weighted by atomic mass is 9.83. The fraction of sp³-hybridized carbons (Fsp3) is 0.625. The predicted octanol–water partition coefficient (Wildman–Crippen LogP) is 4.94. The van der Waals surface area contributed by atoms with E-state index in [1.165, 1.54) is 6.07 Å². The van der Waals surface area contributed by atoms with Crippen LogP contribution in [0.5, 0.6) is 0 Å². The molecule has 1 aromatic carbocycles. The van der Waals surface area contributed by atoms with Crippen molar-refractivity contribution in [2.24, 2.45) is 5.41 Å². The van der Waals surface area contributed by atoms with Gasteiger partial charge in [0.2, 0.25) is 0 Å². The van der Waals surface area contributed by atoms with Gasteiger partial charge in [0, 0.05) is 6.04 Å². The summed E-state index contributed by atoms with van der Waals surface area (Å²) in [6, 6.07) is 5.77. The molecule has 0 aliphatic heterocycles. The maximum absolute atomic E-state index is 13.4. The summed E-state index contributed by atoms with van der Waals surface area (Å²) in [4.78, 5) is 0. The minimum atomic E-state index is -0.170. The van der Waals surface area contributed by atoms with Crippen LogP contribution in [0.1, 0.15) is 46.1 Å². The molecule has 0 spiro atoms. The fourth-order valence-electron chi connectivity index (χ4n) is 2.33. The molecule has 19 heavy (non-hydrogen) atoms. The summed E-state index contributed by atoms with van der Waals surface area (Å²) in [5.74, 6) is -0.170. The van der Waals surface area contributed by atoms with E-state index in [9.17, 15) is 4.39 Å². The summed E-state index contributed by atoms with van der Waals surface area (Å²) >= 11 is 3.33. The van der Waals surface area contributed by atoms with E-state index < -0.39 is 0 Å². The van der Waals surface area contributed by atoms with Gasteiger partial charge >= 0.3 is 0 Å². The second-order valence-corrected chi connectivity index (χ2v) is 6.87. The van der Waals surface area contributed by atoms with E-state index in [0.29, 0.717) is 10.5 Å². The fourth-order valence-corrected chi connectivity index (χ4v) is 2.79. The van der Waals surface area contributed by atoms with Crippen molar-refractivity contribution in [2.45, 2.75) is 53.0 Å². The molecule has 0 aromatic heterocycles. The van der Waals surface area contributed by atoms with Crippen LogP contribution < -0.4 is 5.32 Å². The van der Waals surface area contributed by atoms with Crippen LogP contribution >= 0.6 is 15.9 Å². The van der Waals surface area contributed by atoms with Crippen LogP contribution in [-0.2, 0) is 6.42 Å². The predicted molar refractivity (Wildman–Crippen MR) is 84.0 cm³/mol. The zero-order valence-electron chi connectivity index (χ0n) is 12.4.